The van der Waals surface area contributed by atoms with Gasteiger partial charge in [-0.2, -0.15) is 0 Å². The summed E-state index contributed by atoms with van der Waals surface area (Å²) in [5, 5.41) is 10.2. The first-order valence-corrected chi connectivity index (χ1v) is 7.01. The van der Waals surface area contributed by atoms with Crippen LogP contribution in [0.4, 0.5) is 11.4 Å². The SMILES string of the molecule is Nc1cc(Cl)c(N(CCO)Cc2ccccc2)c(Cl)c1. The molecular formula is C15H16Cl2N2O. The Kier molecular flexibility index (Phi) is 5.12. The number of rotatable bonds is 5. The molecule has 0 atom stereocenters. The zero-order chi connectivity index (χ0) is 14.5. The zero-order valence-electron chi connectivity index (χ0n) is 10.9. The lowest BCUT2D eigenvalue weighted by atomic mass is 10.2. The van der Waals surface area contributed by atoms with Crippen LogP contribution in [-0.2, 0) is 6.54 Å². The molecular weight excluding hydrogens is 295 g/mol. The van der Waals surface area contributed by atoms with E-state index in [9.17, 15) is 5.11 Å². The van der Waals surface area contributed by atoms with Gasteiger partial charge in [0.15, 0.2) is 0 Å². The summed E-state index contributed by atoms with van der Waals surface area (Å²) in [6, 6.07) is 13.3. The Labute approximate surface area is 128 Å². The van der Waals surface area contributed by atoms with E-state index in [0.29, 0.717) is 34.5 Å². The molecule has 0 aliphatic rings. The summed E-state index contributed by atoms with van der Waals surface area (Å²) in [5.41, 5.74) is 8.05. The molecule has 0 fully saturated rings. The Morgan fingerprint density at radius 1 is 1.05 bits per heavy atom. The van der Waals surface area contributed by atoms with Crippen molar-refractivity contribution in [2.45, 2.75) is 6.54 Å². The topological polar surface area (TPSA) is 49.5 Å². The summed E-state index contributed by atoms with van der Waals surface area (Å²) in [6.07, 6.45) is 0. The van der Waals surface area contributed by atoms with Crippen LogP contribution in [0.1, 0.15) is 5.56 Å². The van der Waals surface area contributed by atoms with E-state index < -0.39 is 0 Å². The molecule has 2 rings (SSSR count). The Hall–Kier alpha value is -1.42. The molecule has 0 saturated carbocycles. The molecule has 5 heteroatoms. The maximum atomic E-state index is 9.26. The predicted octanol–water partition coefficient (Wildman–Crippen LogP) is 3.57. The first kappa shape index (κ1) is 15.0. The second-order valence-electron chi connectivity index (χ2n) is 4.46. The van der Waals surface area contributed by atoms with E-state index in [0.717, 1.165) is 5.56 Å². The van der Waals surface area contributed by atoms with Gasteiger partial charge < -0.3 is 15.7 Å². The van der Waals surface area contributed by atoms with Crippen molar-refractivity contribution >= 4 is 34.6 Å². The van der Waals surface area contributed by atoms with Gasteiger partial charge in [0.05, 0.1) is 22.3 Å². The van der Waals surface area contributed by atoms with Crippen LogP contribution in [-0.4, -0.2) is 18.3 Å². The first-order valence-electron chi connectivity index (χ1n) is 6.26. The van der Waals surface area contributed by atoms with Crippen LogP contribution in [0.2, 0.25) is 10.0 Å². The standard InChI is InChI=1S/C15H16Cl2N2O/c16-13-8-12(18)9-14(17)15(13)19(6-7-20)10-11-4-2-1-3-5-11/h1-5,8-9,20H,6-7,10,18H2. The molecule has 0 unspecified atom stereocenters. The molecule has 0 bridgehead atoms. The lowest BCUT2D eigenvalue weighted by Crippen LogP contribution is -2.26. The quantitative estimate of drug-likeness (QED) is 0.830. The average Bonchev–Trinajstić information content (AvgIpc) is 2.39. The summed E-state index contributed by atoms with van der Waals surface area (Å²) in [4.78, 5) is 1.94. The minimum atomic E-state index is 0.0177. The fraction of sp³-hybridized carbons (Fsp3) is 0.200. The van der Waals surface area contributed by atoms with Crippen molar-refractivity contribution in [2.75, 3.05) is 23.8 Å². The molecule has 2 aromatic rings. The molecule has 0 saturated heterocycles. The fourth-order valence-corrected chi connectivity index (χ4v) is 2.82. The van der Waals surface area contributed by atoms with Crippen molar-refractivity contribution in [3.8, 4) is 0 Å². The highest BCUT2D eigenvalue weighted by molar-refractivity contribution is 6.39. The van der Waals surface area contributed by atoms with E-state index in [1.54, 1.807) is 12.1 Å². The second kappa shape index (κ2) is 6.84. The van der Waals surface area contributed by atoms with E-state index in [-0.39, 0.29) is 6.61 Å². The number of hydrogen-bond acceptors (Lipinski definition) is 3. The third-order valence-electron chi connectivity index (χ3n) is 2.94. The van der Waals surface area contributed by atoms with Crippen molar-refractivity contribution in [1.82, 2.24) is 0 Å². The third-order valence-corrected chi connectivity index (χ3v) is 3.52. The van der Waals surface area contributed by atoms with Gasteiger partial charge in [0.25, 0.3) is 0 Å². The summed E-state index contributed by atoms with van der Waals surface area (Å²) in [7, 11) is 0. The first-order chi connectivity index (χ1) is 9.61. The highest BCUT2D eigenvalue weighted by Crippen LogP contribution is 2.36. The van der Waals surface area contributed by atoms with Crippen LogP contribution in [0.3, 0.4) is 0 Å². The number of halogens is 2. The van der Waals surface area contributed by atoms with Gasteiger partial charge in [-0.25, -0.2) is 0 Å². The summed E-state index contributed by atoms with van der Waals surface area (Å²) < 4.78 is 0. The third kappa shape index (κ3) is 3.57. The van der Waals surface area contributed by atoms with Crippen molar-refractivity contribution in [3.63, 3.8) is 0 Å². The van der Waals surface area contributed by atoms with Crippen LogP contribution < -0.4 is 10.6 Å². The van der Waals surface area contributed by atoms with Gasteiger partial charge in [0.2, 0.25) is 0 Å². The highest BCUT2D eigenvalue weighted by atomic mass is 35.5. The molecule has 0 radical (unpaired) electrons. The van der Waals surface area contributed by atoms with Crippen molar-refractivity contribution < 1.29 is 5.11 Å². The molecule has 0 aromatic heterocycles. The van der Waals surface area contributed by atoms with E-state index in [1.807, 2.05) is 35.2 Å². The average molecular weight is 311 g/mol. The monoisotopic (exact) mass is 310 g/mol. The number of anilines is 2. The maximum Gasteiger partial charge on any atom is 0.0750 e. The molecule has 106 valence electrons. The number of aliphatic hydroxyl groups is 1. The lowest BCUT2D eigenvalue weighted by Gasteiger charge is -2.26. The van der Waals surface area contributed by atoms with Crippen LogP contribution in [0, 0.1) is 0 Å². The van der Waals surface area contributed by atoms with Gasteiger partial charge in [-0.05, 0) is 17.7 Å². The van der Waals surface area contributed by atoms with Gasteiger partial charge in [0, 0.05) is 18.8 Å². The number of benzene rings is 2. The van der Waals surface area contributed by atoms with Gasteiger partial charge in [-0.15, -0.1) is 0 Å². The molecule has 0 heterocycles. The Morgan fingerprint density at radius 3 is 2.20 bits per heavy atom. The zero-order valence-corrected chi connectivity index (χ0v) is 12.4. The Morgan fingerprint density at radius 2 is 1.65 bits per heavy atom. The second-order valence-corrected chi connectivity index (χ2v) is 5.28. The van der Waals surface area contributed by atoms with Crippen LogP contribution in [0.15, 0.2) is 42.5 Å². The normalized spacial score (nSPS) is 10.6. The minimum absolute atomic E-state index is 0.0177. The van der Waals surface area contributed by atoms with E-state index in [1.165, 1.54) is 0 Å². The number of nitrogens with zero attached hydrogens (tertiary/aromatic N) is 1. The lowest BCUT2D eigenvalue weighted by molar-refractivity contribution is 0.301. The van der Waals surface area contributed by atoms with E-state index >= 15 is 0 Å². The number of hydrogen-bond donors (Lipinski definition) is 2. The Balaban J connectivity index is 2.34. The predicted molar refractivity (Wildman–Crippen MR) is 85.5 cm³/mol. The van der Waals surface area contributed by atoms with Crippen molar-refractivity contribution in [1.29, 1.82) is 0 Å². The number of nitrogen functional groups attached to an aromatic ring is 1. The van der Waals surface area contributed by atoms with Crippen molar-refractivity contribution in [3.05, 3.63) is 58.1 Å². The van der Waals surface area contributed by atoms with E-state index in [2.05, 4.69) is 0 Å². The van der Waals surface area contributed by atoms with Gasteiger partial charge in [-0.1, -0.05) is 53.5 Å². The van der Waals surface area contributed by atoms with Gasteiger partial charge in [-0.3, -0.25) is 0 Å². The summed E-state index contributed by atoms with van der Waals surface area (Å²) >= 11 is 12.5. The van der Waals surface area contributed by atoms with Gasteiger partial charge >= 0.3 is 0 Å². The van der Waals surface area contributed by atoms with Crippen molar-refractivity contribution in [2.24, 2.45) is 0 Å². The number of aliphatic hydroxyl groups excluding tert-OH is 1. The van der Waals surface area contributed by atoms with Crippen LogP contribution in [0.5, 0.6) is 0 Å². The van der Waals surface area contributed by atoms with Crippen LogP contribution >= 0.6 is 23.2 Å². The minimum Gasteiger partial charge on any atom is -0.399 e. The molecule has 3 nitrogen and oxygen atoms in total. The fourth-order valence-electron chi connectivity index (χ4n) is 2.08. The number of nitrogens with two attached hydrogens (primary N) is 1. The summed E-state index contributed by atoms with van der Waals surface area (Å²) in [5.74, 6) is 0. The maximum absolute atomic E-state index is 9.26. The molecule has 2 aromatic carbocycles. The largest absolute Gasteiger partial charge is 0.399 e. The van der Waals surface area contributed by atoms with Gasteiger partial charge in [0.1, 0.15) is 0 Å². The molecule has 0 aliphatic heterocycles. The molecule has 0 amide bonds. The molecule has 20 heavy (non-hydrogen) atoms. The Bertz CT molecular complexity index is 552. The van der Waals surface area contributed by atoms with Crippen LogP contribution in [0.25, 0.3) is 0 Å². The smallest absolute Gasteiger partial charge is 0.0750 e. The molecule has 3 N–H and O–H groups in total. The molecule has 0 aliphatic carbocycles. The highest BCUT2D eigenvalue weighted by Gasteiger charge is 2.15. The summed E-state index contributed by atoms with van der Waals surface area (Å²) in [6.45, 7) is 1.08. The molecule has 0 spiro atoms. The van der Waals surface area contributed by atoms with E-state index in [4.69, 9.17) is 28.9 Å².